The standard InChI is InChI=1S/C12H16ClNO2/c1-12(2,3)11(13)8-9-4-6-10(7-5-9)14(15)16/h4-7,11H,8H2,1-3H3. The van der Waals surface area contributed by atoms with E-state index >= 15 is 0 Å². The minimum absolute atomic E-state index is 0.0222. The maximum Gasteiger partial charge on any atom is 0.269 e. The second-order valence-electron chi connectivity index (χ2n) is 4.96. The average Bonchev–Trinajstić information content (AvgIpc) is 2.17. The van der Waals surface area contributed by atoms with E-state index in [0.29, 0.717) is 0 Å². The summed E-state index contributed by atoms with van der Waals surface area (Å²) in [5.74, 6) is 0. The fourth-order valence-corrected chi connectivity index (χ4v) is 1.45. The second-order valence-corrected chi connectivity index (χ2v) is 5.49. The molecule has 0 aliphatic rings. The smallest absolute Gasteiger partial charge is 0.258 e. The molecule has 1 atom stereocenters. The van der Waals surface area contributed by atoms with E-state index in [1.807, 2.05) is 0 Å². The van der Waals surface area contributed by atoms with Crippen molar-refractivity contribution in [2.75, 3.05) is 0 Å². The van der Waals surface area contributed by atoms with Gasteiger partial charge in [-0.3, -0.25) is 10.1 Å². The SMILES string of the molecule is CC(C)(C)C(Cl)Cc1ccc([N+](=O)[O-])cc1. The highest BCUT2D eigenvalue weighted by molar-refractivity contribution is 6.21. The van der Waals surface area contributed by atoms with E-state index in [4.69, 9.17) is 11.6 Å². The Bertz CT molecular complexity index is 368. The molecule has 3 nitrogen and oxygen atoms in total. The number of non-ortho nitro benzene ring substituents is 1. The van der Waals surface area contributed by atoms with E-state index in [1.54, 1.807) is 12.1 Å². The zero-order valence-electron chi connectivity index (χ0n) is 9.74. The Labute approximate surface area is 101 Å². The first kappa shape index (κ1) is 13.0. The van der Waals surface area contributed by atoms with E-state index in [2.05, 4.69) is 20.8 Å². The van der Waals surface area contributed by atoms with Crippen molar-refractivity contribution < 1.29 is 4.92 Å². The fourth-order valence-electron chi connectivity index (χ4n) is 1.27. The monoisotopic (exact) mass is 241 g/mol. The number of rotatable bonds is 3. The fraction of sp³-hybridized carbons (Fsp3) is 0.500. The van der Waals surface area contributed by atoms with Crippen LogP contribution in [0.25, 0.3) is 0 Å². The maximum absolute atomic E-state index is 10.5. The lowest BCUT2D eigenvalue weighted by molar-refractivity contribution is -0.384. The first-order valence-electron chi connectivity index (χ1n) is 5.18. The second kappa shape index (κ2) is 4.83. The van der Waals surface area contributed by atoms with Crippen LogP contribution in [0.1, 0.15) is 26.3 Å². The Balaban J connectivity index is 2.73. The van der Waals surface area contributed by atoms with Crippen LogP contribution in [-0.4, -0.2) is 10.3 Å². The van der Waals surface area contributed by atoms with Crippen molar-refractivity contribution in [1.82, 2.24) is 0 Å². The van der Waals surface area contributed by atoms with Gasteiger partial charge in [0.1, 0.15) is 0 Å². The quantitative estimate of drug-likeness (QED) is 0.459. The maximum atomic E-state index is 10.5. The van der Waals surface area contributed by atoms with Gasteiger partial charge in [0.25, 0.3) is 5.69 Å². The van der Waals surface area contributed by atoms with Crippen molar-refractivity contribution in [3.8, 4) is 0 Å². The summed E-state index contributed by atoms with van der Waals surface area (Å²) in [6, 6.07) is 6.56. The van der Waals surface area contributed by atoms with Gasteiger partial charge in [0.05, 0.1) is 4.92 Å². The van der Waals surface area contributed by atoms with Crippen LogP contribution >= 0.6 is 11.6 Å². The number of nitro groups is 1. The van der Waals surface area contributed by atoms with Crippen molar-refractivity contribution in [2.45, 2.75) is 32.6 Å². The Kier molecular flexibility index (Phi) is 3.92. The van der Waals surface area contributed by atoms with E-state index in [-0.39, 0.29) is 16.5 Å². The molecular weight excluding hydrogens is 226 g/mol. The largest absolute Gasteiger partial charge is 0.269 e. The van der Waals surface area contributed by atoms with Gasteiger partial charge in [-0.25, -0.2) is 0 Å². The Morgan fingerprint density at radius 3 is 2.19 bits per heavy atom. The number of nitro benzene ring substituents is 1. The molecule has 88 valence electrons. The molecule has 0 heterocycles. The molecule has 0 aromatic heterocycles. The van der Waals surface area contributed by atoms with Crippen molar-refractivity contribution in [3.05, 3.63) is 39.9 Å². The zero-order valence-corrected chi connectivity index (χ0v) is 10.5. The summed E-state index contributed by atoms with van der Waals surface area (Å²) in [5.41, 5.74) is 1.18. The predicted molar refractivity (Wildman–Crippen MR) is 65.9 cm³/mol. The highest BCUT2D eigenvalue weighted by Crippen LogP contribution is 2.27. The van der Waals surface area contributed by atoms with Crippen LogP contribution in [0.3, 0.4) is 0 Å². The van der Waals surface area contributed by atoms with Gasteiger partial charge in [0.2, 0.25) is 0 Å². The van der Waals surface area contributed by atoms with Gasteiger partial charge in [-0.1, -0.05) is 32.9 Å². The number of halogens is 1. The molecule has 0 spiro atoms. The molecule has 4 heteroatoms. The van der Waals surface area contributed by atoms with Crippen LogP contribution in [0.15, 0.2) is 24.3 Å². The third-order valence-electron chi connectivity index (χ3n) is 2.50. The third kappa shape index (κ3) is 3.49. The van der Waals surface area contributed by atoms with E-state index in [9.17, 15) is 10.1 Å². The summed E-state index contributed by atoms with van der Waals surface area (Å²) in [5, 5.41) is 10.5. The summed E-state index contributed by atoms with van der Waals surface area (Å²) >= 11 is 6.26. The first-order valence-corrected chi connectivity index (χ1v) is 5.62. The molecule has 1 aromatic rings. The summed E-state index contributed by atoms with van der Waals surface area (Å²) in [4.78, 5) is 10.1. The molecule has 0 aliphatic heterocycles. The van der Waals surface area contributed by atoms with Crippen LogP contribution in [-0.2, 0) is 6.42 Å². The van der Waals surface area contributed by atoms with Crippen molar-refractivity contribution in [1.29, 1.82) is 0 Å². The molecule has 1 unspecified atom stereocenters. The van der Waals surface area contributed by atoms with Crippen molar-refractivity contribution in [2.24, 2.45) is 5.41 Å². The number of hydrogen-bond donors (Lipinski definition) is 0. The normalized spacial score (nSPS) is 13.5. The molecule has 16 heavy (non-hydrogen) atoms. The van der Waals surface area contributed by atoms with Gasteiger partial charge in [-0.15, -0.1) is 11.6 Å². The Hall–Kier alpha value is -1.09. The highest BCUT2D eigenvalue weighted by atomic mass is 35.5. The number of hydrogen-bond acceptors (Lipinski definition) is 2. The van der Waals surface area contributed by atoms with Crippen LogP contribution < -0.4 is 0 Å². The van der Waals surface area contributed by atoms with Crippen LogP contribution in [0.2, 0.25) is 0 Å². The summed E-state index contributed by atoms with van der Waals surface area (Å²) in [7, 11) is 0. The highest BCUT2D eigenvalue weighted by Gasteiger charge is 2.22. The lowest BCUT2D eigenvalue weighted by Crippen LogP contribution is -2.22. The van der Waals surface area contributed by atoms with Crippen LogP contribution in [0.4, 0.5) is 5.69 Å². The van der Waals surface area contributed by atoms with Crippen molar-refractivity contribution in [3.63, 3.8) is 0 Å². The molecule has 0 N–H and O–H groups in total. The molecule has 0 amide bonds. The lowest BCUT2D eigenvalue weighted by atomic mass is 9.88. The van der Waals surface area contributed by atoms with Crippen LogP contribution in [0.5, 0.6) is 0 Å². The van der Waals surface area contributed by atoms with E-state index in [1.165, 1.54) is 12.1 Å². The summed E-state index contributed by atoms with van der Waals surface area (Å²) in [6.45, 7) is 6.24. The molecule has 0 aliphatic carbocycles. The summed E-state index contributed by atoms with van der Waals surface area (Å²) < 4.78 is 0. The van der Waals surface area contributed by atoms with E-state index < -0.39 is 4.92 Å². The van der Waals surface area contributed by atoms with E-state index in [0.717, 1.165) is 12.0 Å². The van der Waals surface area contributed by atoms with Gasteiger partial charge < -0.3 is 0 Å². The topological polar surface area (TPSA) is 43.1 Å². The van der Waals surface area contributed by atoms with Gasteiger partial charge in [-0.2, -0.15) is 0 Å². The molecular formula is C12H16ClNO2. The van der Waals surface area contributed by atoms with Gasteiger partial charge in [0.15, 0.2) is 0 Å². The minimum atomic E-state index is -0.397. The molecule has 0 saturated heterocycles. The Morgan fingerprint density at radius 1 is 1.31 bits per heavy atom. The predicted octanol–water partition coefficient (Wildman–Crippen LogP) is 3.79. The first-order chi connectivity index (χ1) is 7.30. The Morgan fingerprint density at radius 2 is 1.81 bits per heavy atom. The number of nitrogens with zero attached hydrogens (tertiary/aromatic N) is 1. The van der Waals surface area contributed by atoms with Gasteiger partial charge in [0, 0.05) is 17.5 Å². The summed E-state index contributed by atoms with van der Waals surface area (Å²) in [6.07, 6.45) is 0.725. The average molecular weight is 242 g/mol. The van der Waals surface area contributed by atoms with Crippen LogP contribution in [0, 0.1) is 15.5 Å². The molecule has 0 radical (unpaired) electrons. The molecule has 1 aromatic carbocycles. The molecule has 0 saturated carbocycles. The van der Waals surface area contributed by atoms with Crippen molar-refractivity contribution >= 4 is 17.3 Å². The third-order valence-corrected chi connectivity index (χ3v) is 3.31. The molecule has 0 fully saturated rings. The minimum Gasteiger partial charge on any atom is -0.258 e. The van der Waals surface area contributed by atoms with Gasteiger partial charge >= 0.3 is 0 Å². The number of alkyl halides is 1. The van der Waals surface area contributed by atoms with Gasteiger partial charge in [-0.05, 0) is 17.4 Å². The zero-order chi connectivity index (χ0) is 12.3. The number of benzene rings is 1. The molecule has 1 rings (SSSR count). The molecule has 0 bridgehead atoms. The lowest BCUT2D eigenvalue weighted by Gasteiger charge is -2.25.